The van der Waals surface area contributed by atoms with E-state index in [2.05, 4.69) is 4.98 Å². The molecule has 0 unspecified atom stereocenters. The summed E-state index contributed by atoms with van der Waals surface area (Å²) in [7, 11) is 1.66. The SMILES string of the molecule is CN(C)c1cc(B(O)O)c(F)cn1. The van der Waals surface area contributed by atoms with E-state index in [1.807, 2.05) is 0 Å². The molecular formula is C7H10BFN2O2. The Morgan fingerprint density at radius 1 is 1.46 bits per heavy atom. The van der Waals surface area contributed by atoms with Crippen LogP contribution in [0.5, 0.6) is 0 Å². The molecule has 0 atom stereocenters. The van der Waals surface area contributed by atoms with Crippen molar-refractivity contribution in [2.75, 3.05) is 19.0 Å². The second kappa shape index (κ2) is 3.72. The van der Waals surface area contributed by atoms with Gasteiger partial charge in [0.1, 0.15) is 11.6 Å². The van der Waals surface area contributed by atoms with Crippen LogP contribution < -0.4 is 10.4 Å². The van der Waals surface area contributed by atoms with Gasteiger partial charge in [0.15, 0.2) is 0 Å². The molecular weight excluding hydrogens is 174 g/mol. The third-order valence-corrected chi connectivity index (χ3v) is 1.61. The van der Waals surface area contributed by atoms with E-state index < -0.39 is 12.9 Å². The Bertz CT molecular complexity index is 307. The van der Waals surface area contributed by atoms with Crippen molar-refractivity contribution in [3.8, 4) is 0 Å². The molecule has 0 aliphatic heterocycles. The Morgan fingerprint density at radius 2 is 2.08 bits per heavy atom. The van der Waals surface area contributed by atoms with Gasteiger partial charge in [-0.1, -0.05) is 0 Å². The van der Waals surface area contributed by atoms with Gasteiger partial charge in [-0.3, -0.25) is 0 Å². The number of aromatic nitrogens is 1. The van der Waals surface area contributed by atoms with Crippen LogP contribution in [0.3, 0.4) is 0 Å². The van der Waals surface area contributed by atoms with Crippen molar-refractivity contribution in [1.29, 1.82) is 0 Å². The summed E-state index contributed by atoms with van der Waals surface area (Å²) in [6, 6.07) is 1.29. The van der Waals surface area contributed by atoms with Gasteiger partial charge in [-0.15, -0.1) is 0 Å². The molecule has 1 aromatic rings. The maximum Gasteiger partial charge on any atom is 0.491 e. The predicted molar refractivity (Wildman–Crippen MR) is 48.3 cm³/mol. The first-order valence-electron chi connectivity index (χ1n) is 3.71. The molecule has 70 valence electrons. The highest BCUT2D eigenvalue weighted by atomic mass is 19.1. The second-order valence-corrected chi connectivity index (χ2v) is 2.83. The molecule has 0 radical (unpaired) electrons. The highest BCUT2D eigenvalue weighted by Gasteiger charge is 2.17. The molecule has 0 spiro atoms. The van der Waals surface area contributed by atoms with Crippen LogP contribution in [0, 0.1) is 5.82 Å². The summed E-state index contributed by atoms with van der Waals surface area (Å²) in [5.74, 6) is -0.245. The molecule has 0 saturated heterocycles. The van der Waals surface area contributed by atoms with Gasteiger partial charge in [0.05, 0.1) is 6.20 Å². The average Bonchev–Trinajstić information content (AvgIpc) is 2.04. The van der Waals surface area contributed by atoms with Crippen LogP contribution in [-0.4, -0.2) is 36.2 Å². The van der Waals surface area contributed by atoms with E-state index in [9.17, 15) is 4.39 Å². The molecule has 4 nitrogen and oxygen atoms in total. The summed E-state index contributed by atoms with van der Waals surface area (Å²) >= 11 is 0. The fourth-order valence-corrected chi connectivity index (χ4v) is 0.885. The van der Waals surface area contributed by atoms with Crippen molar-refractivity contribution in [3.05, 3.63) is 18.1 Å². The number of anilines is 1. The Balaban J connectivity index is 3.11. The fourth-order valence-electron chi connectivity index (χ4n) is 0.885. The maximum absolute atomic E-state index is 12.9. The van der Waals surface area contributed by atoms with Gasteiger partial charge in [0.2, 0.25) is 0 Å². The van der Waals surface area contributed by atoms with Crippen LogP contribution in [-0.2, 0) is 0 Å². The molecule has 0 bridgehead atoms. The molecule has 0 aliphatic carbocycles. The monoisotopic (exact) mass is 184 g/mol. The Hall–Kier alpha value is -1.14. The molecule has 0 saturated carbocycles. The van der Waals surface area contributed by atoms with E-state index >= 15 is 0 Å². The van der Waals surface area contributed by atoms with E-state index in [1.165, 1.54) is 6.07 Å². The fraction of sp³-hybridized carbons (Fsp3) is 0.286. The van der Waals surface area contributed by atoms with Crippen LogP contribution >= 0.6 is 0 Å². The zero-order chi connectivity index (χ0) is 10.0. The quantitative estimate of drug-likeness (QED) is 0.576. The van der Waals surface area contributed by atoms with Gasteiger partial charge < -0.3 is 14.9 Å². The minimum absolute atomic E-state index is 0.168. The van der Waals surface area contributed by atoms with Gasteiger partial charge in [-0.25, -0.2) is 9.37 Å². The smallest absolute Gasteiger partial charge is 0.423 e. The Morgan fingerprint density at radius 3 is 2.54 bits per heavy atom. The number of halogens is 1. The largest absolute Gasteiger partial charge is 0.491 e. The zero-order valence-corrected chi connectivity index (χ0v) is 7.40. The molecule has 0 aliphatic rings. The number of nitrogens with zero attached hydrogens (tertiary/aromatic N) is 2. The van der Waals surface area contributed by atoms with E-state index in [-0.39, 0.29) is 5.46 Å². The normalized spacial score (nSPS) is 9.92. The molecule has 1 heterocycles. The minimum atomic E-state index is -1.80. The summed E-state index contributed by atoms with van der Waals surface area (Å²) in [6.07, 6.45) is 0.962. The lowest BCUT2D eigenvalue weighted by Gasteiger charge is -2.12. The molecule has 0 aromatic carbocycles. The van der Waals surface area contributed by atoms with Gasteiger partial charge in [0.25, 0.3) is 0 Å². The summed E-state index contributed by atoms with van der Waals surface area (Å²) < 4.78 is 12.9. The number of rotatable bonds is 2. The summed E-state index contributed by atoms with van der Waals surface area (Å²) in [4.78, 5) is 5.39. The van der Waals surface area contributed by atoms with Crippen molar-refractivity contribution in [1.82, 2.24) is 4.98 Å². The van der Waals surface area contributed by atoms with Crippen LogP contribution in [0.2, 0.25) is 0 Å². The summed E-state index contributed by atoms with van der Waals surface area (Å²) in [5, 5.41) is 17.6. The van der Waals surface area contributed by atoms with Crippen LogP contribution in [0.1, 0.15) is 0 Å². The van der Waals surface area contributed by atoms with E-state index in [0.29, 0.717) is 5.82 Å². The Labute approximate surface area is 75.8 Å². The van der Waals surface area contributed by atoms with Gasteiger partial charge in [0, 0.05) is 19.6 Å². The maximum atomic E-state index is 12.9. The van der Waals surface area contributed by atoms with Gasteiger partial charge in [-0.2, -0.15) is 0 Å². The van der Waals surface area contributed by atoms with Crippen LogP contribution in [0.4, 0.5) is 10.2 Å². The lowest BCUT2D eigenvalue weighted by molar-refractivity contribution is 0.423. The lowest BCUT2D eigenvalue weighted by atomic mass is 9.80. The predicted octanol–water partition coefficient (Wildman–Crippen LogP) is -1.03. The van der Waals surface area contributed by atoms with E-state index in [1.54, 1.807) is 19.0 Å². The number of hydrogen-bond donors (Lipinski definition) is 2. The molecule has 1 aromatic heterocycles. The van der Waals surface area contributed by atoms with Crippen molar-refractivity contribution >= 4 is 18.4 Å². The number of hydrogen-bond acceptors (Lipinski definition) is 4. The van der Waals surface area contributed by atoms with Crippen molar-refractivity contribution < 1.29 is 14.4 Å². The van der Waals surface area contributed by atoms with Crippen molar-refractivity contribution in [3.63, 3.8) is 0 Å². The van der Waals surface area contributed by atoms with Crippen LogP contribution in [0.25, 0.3) is 0 Å². The second-order valence-electron chi connectivity index (χ2n) is 2.83. The topological polar surface area (TPSA) is 56.6 Å². The molecule has 13 heavy (non-hydrogen) atoms. The standard InChI is InChI=1S/C7H10BFN2O2/c1-11(2)7-3-5(8(12)13)6(9)4-10-7/h3-4,12-13H,1-2H3. The average molecular weight is 184 g/mol. The third-order valence-electron chi connectivity index (χ3n) is 1.61. The van der Waals surface area contributed by atoms with Crippen molar-refractivity contribution in [2.24, 2.45) is 0 Å². The molecule has 1 rings (SSSR count). The molecule has 2 N–H and O–H groups in total. The summed E-state index contributed by atoms with van der Waals surface area (Å²) in [5.41, 5.74) is -0.168. The van der Waals surface area contributed by atoms with E-state index in [4.69, 9.17) is 10.0 Å². The highest BCUT2D eigenvalue weighted by molar-refractivity contribution is 6.58. The molecule has 0 fully saturated rings. The Kier molecular flexibility index (Phi) is 2.85. The first kappa shape index (κ1) is 9.95. The van der Waals surface area contributed by atoms with Crippen LogP contribution in [0.15, 0.2) is 12.3 Å². The zero-order valence-electron chi connectivity index (χ0n) is 7.40. The van der Waals surface area contributed by atoms with Gasteiger partial charge >= 0.3 is 7.12 Å². The summed E-state index contributed by atoms with van der Waals surface area (Å²) in [6.45, 7) is 0. The first-order chi connectivity index (χ1) is 6.02. The third kappa shape index (κ3) is 2.16. The first-order valence-corrected chi connectivity index (χ1v) is 3.71. The number of pyridine rings is 1. The van der Waals surface area contributed by atoms with E-state index in [0.717, 1.165) is 6.20 Å². The minimum Gasteiger partial charge on any atom is -0.423 e. The van der Waals surface area contributed by atoms with Gasteiger partial charge in [-0.05, 0) is 6.07 Å². The molecule has 0 amide bonds. The van der Waals surface area contributed by atoms with Crippen molar-refractivity contribution in [2.45, 2.75) is 0 Å². The lowest BCUT2D eigenvalue weighted by Crippen LogP contribution is -2.33. The highest BCUT2D eigenvalue weighted by Crippen LogP contribution is 2.05. The molecule has 6 heteroatoms.